The average Bonchev–Trinajstić information content (AvgIpc) is 3.15. The summed E-state index contributed by atoms with van der Waals surface area (Å²) in [7, 11) is 0. The van der Waals surface area contributed by atoms with E-state index in [1.54, 1.807) is 9.80 Å². The van der Waals surface area contributed by atoms with Crippen LogP contribution in [0, 0.1) is 0 Å². The van der Waals surface area contributed by atoms with Crippen molar-refractivity contribution in [3.8, 4) is 0 Å². The molecule has 53 heavy (non-hydrogen) atoms. The van der Waals surface area contributed by atoms with E-state index in [-0.39, 0.29) is 88.8 Å². The maximum absolute atomic E-state index is 13.3. The highest BCUT2D eigenvalue weighted by Gasteiger charge is 2.44. The van der Waals surface area contributed by atoms with Crippen LogP contribution in [0.15, 0.2) is 25.3 Å². The number of nitrogens with zero attached hydrogens (tertiary/aromatic N) is 2. The van der Waals surface area contributed by atoms with Crippen molar-refractivity contribution < 1.29 is 69.5 Å². The molecule has 0 aromatic carbocycles. The minimum absolute atomic E-state index is 0.00765. The molecule has 10 atom stereocenters. The zero-order chi connectivity index (χ0) is 39.5. The lowest BCUT2D eigenvalue weighted by Gasteiger charge is -2.40. The van der Waals surface area contributed by atoms with Crippen LogP contribution in [0.2, 0.25) is 0 Å². The Bertz CT molecular complexity index is 1080. The van der Waals surface area contributed by atoms with Crippen molar-refractivity contribution in [2.45, 2.75) is 93.4 Å². The van der Waals surface area contributed by atoms with E-state index in [0.717, 1.165) is 12.2 Å². The number of aliphatic hydroxyl groups is 8. The van der Waals surface area contributed by atoms with E-state index in [0.29, 0.717) is 19.3 Å². The lowest BCUT2D eigenvalue weighted by atomic mass is 9.98. The third-order valence-electron chi connectivity index (χ3n) is 8.89. The average molecular weight is 763 g/mol. The van der Waals surface area contributed by atoms with Gasteiger partial charge in [-0.1, -0.05) is 13.2 Å². The molecule has 12 N–H and O–H groups in total. The fourth-order valence-electron chi connectivity index (χ4n) is 5.78. The van der Waals surface area contributed by atoms with Gasteiger partial charge in [0.05, 0.1) is 13.2 Å². The number of carbonyl (C=O) groups excluding carboxylic acids is 4. The quantitative estimate of drug-likeness (QED) is 0.0322. The minimum atomic E-state index is -1.58. The number of ether oxygens (including phenoxy) is 2. The molecule has 2 fully saturated rings. The van der Waals surface area contributed by atoms with Gasteiger partial charge in [0.2, 0.25) is 23.6 Å². The van der Waals surface area contributed by atoms with Gasteiger partial charge in [0, 0.05) is 65.2 Å². The molecule has 0 saturated carbocycles. The first-order valence-corrected chi connectivity index (χ1v) is 17.7. The number of hydrogen-bond acceptors (Lipinski definition) is 16. The standard InChI is InChI=1S/C33H58N6O14/c1-3-22(42)34-10-5-14-38(24(44)8-12-36-32-30(50)28(48)26(46)20(18-40)52-32)16-7-17-39(15-6-11-35-23(43)4-2)25(45)9-13-37-33-31(51)29(49)27(47)21(19-41)53-33/h3-4,20-21,26-33,36-37,40-41,46-51H,1-2,5-19H2,(H,34,42)(H,35,43). The first-order valence-electron chi connectivity index (χ1n) is 17.7. The minimum Gasteiger partial charge on any atom is -0.394 e. The Morgan fingerprint density at radius 1 is 0.547 bits per heavy atom. The molecule has 2 rings (SSSR count). The second-order valence-corrected chi connectivity index (χ2v) is 12.7. The van der Waals surface area contributed by atoms with Gasteiger partial charge in [0.1, 0.15) is 61.3 Å². The Hall–Kier alpha value is -3.12. The molecule has 304 valence electrons. The van der Waals surface area contributed by atoms with Gasteiger partial charge in [-0.3, -0.25) is 29.8 Å². The predicted molar refractivity (Wildman–Crippen MR) is 186 cm³/mol. The summed E-state index contributed by atoms with van der Waals surface area (Å²) >= 11 is 0. The normalized spacial score (nSPS) is 28.5. The molecule has 2 heterocycles. The van der Waals surface area contributed by atoms with Crippen LogP contribution >= 0.6 is 0 Å². The Labute approximate surface area is 308 Å². The molecular formula is C33H58N6O14. The fraction of sp³-hybridized carbons (Fsp3) is 0.758. The van der Waals surface area contributed by atoms with Crippen molar-refractivity contribution in [1.29, 1.82) is 0 Å². The lowest BCUT2D eigenvalue weighted by Crippen LogP contribution is -2.62. The van der Waals surface area contributed by atoms with Gasteiger partial charge in [-0.2, -0.15) is 0 Å². The SMILES string of the molecule is C=CC(=O)NCCCN(CCCN(CCCNC(=O)C=C)C(=O)CCNC1OC(CO)C(O)C(O)C1O)C(=O)CCNC1OC(CO)C(O)C(O)C1O. The van der Waals surface area contributed by atoms with Crippen LogP contribution in [0.4, 0.5) is 0 Å². The molecule has 2 aliphatic heterocycles. The number of nitrogens with one attached hydrogen (secondary N) is 4. The summed E-state index contributed by atoms with van der Waals surface area (Å²) in [5.74, 6) is -1.34. The van der Waals surface area contributed by atoms with Crippen molar-refractivity contribution in [2.24, 2.45) is 0 Å². The molecule has 2 aliphatic rings. The molecule has 10 unspecified atom stereocenters. The third-order valence-corrected chi connectivity index (χ3v) is 8.89. The number of amides is 4. The smallest absolute Gasteiger partial charge is 0.243 e. The molecule has 0 aliphatic carbocycles. The van der Waals surface area contributed by atoms with E-state index in [1.165, 1.54) is 0 Å². The topological polar surface area (TPSA) is 303 Å². The van der Waals surface area contributed by atoms with Gasteiger partial charge in [0.15, 0.2) is 0 Å². The highest BCUT2D eigenvalue weighted by molar-refractivity contribution is 5.87. The molecule has 0 radical (unpaired) electrons. The number of carbonyl (C=O) groups is 4. The number of aliphatic hydroxyl groups excluding tert-OH is 8. The molecule has 0 bridgehead atoms. The fourth-order valence-corrected chi connectivity index (χ4v) is 5.78. The van der Waals surface area contributed by atoms with E-state index in [2.05, 4.69) is 34.4 Å². The summed E-state index contributed by atoms with van der Waals surface area (Å²) < 4.78 is 10.9. The predicted octanol–water partition coefficient (Wildman–Crippen LogP) is -6.02. The van der Waals surface area contributed by atoms with E-state index in [4.69, 9.17) is 9.47 Å². The molecule has 0 aromatic rings. The highest BCUT2D eigenvalue weighted by atomic mass is 16.6. The summed E-state index contributed by atoms with van der Waals surface area (Å²) in [5, 5.41) is 90.5. The summed E-state index contributed by atoms with van der Waals surface area (Å²) in [4.78, 5) is 53.0. The molecule has 4 amide bonds. The van der Waals surface area contributed by atoms with Crippen molar-refractivity contribution >= 4 is 23.6 Å². The summed E-state index contributed by atoms with van der Waals surface area (Å²) in [6.45, 7) is 7.09. The number of hydrogen-bond donors (Lipinski definition) is 12. The summed E-state index contributed by atoms with van der Waals surface area (Å²) in [5.41, 5.74) is 0. The van der Waals surface area contributed by atoms with Crippen molar-refractivity contribution in [1.82, 2.24) is 31.1 Å². The molecule has 20 heteroatoms. The highest BCUT2D eigenvalue weighted by Crippen LogP contribution is 2.21. The van der Waals surface area contributed by atoms with Crippen molar-refractivity contribution in [3.05, 3.63) is 25.3 Å². The van der Waals surface area contributed by atoms with Crippen LogP contribution in [0.1, 0.15) is 32.1 Å². The zero-order valence-corrected chi connectivity index (χ0v) is 29.9. The van der Waals surface area contributed by atoms with Crippen molar-refractivity contribution in [2.75, 3.05) is 65.6 Å². The molecule has 0 aromatic heterocycles. The van der Waals surface area contributed by atoms with Crippen LogP contribution in [0.5, 0.6) is 0 Å². The second-order valence-electron chi connectivity index (χ2n) is 12.7. The van der Waals surface area contributed by atoms with Gasteiger partial charge in [0.25, 0.3) is 0 Å². The molecular weight excluding hydrogens is 704 g/mol. The molecule has 2 saturated heterocycles. The van der Waals surface area contributed by atoms with Gasteiger partial charge in [-0.05, 0) is 31.4 Å². The Kier molecular flexibility index (Phi) is 21.1. The van der Waals surface area contributed by atoms with E-state index < -0.39 is 74.5 Å². The van der Waals surface area contributed by atoms with Crippen LogP contribution in [0.25, 0.3) is 0 Å². The largest absolute Gasteiger partial charge is 0.394 e. The number of rotatable bonds is 24. The maximum atomic E-state index is 13.3. The summed E-state index contributed by atoms with van der Waals surface area (Å²) in [6.07, 6.45) is -10.5. The molecule has 20 nitrogen and oxygen atoms in total. The lowest BCUT2D eigenvalue weighted by molar-refractivity contribution is -0.236. The third kappa shape index (κ3) is 14.9. The molecule has 0 spiro atoms. The second kappa shape index (κ2) is 24.3. The maximum Gasteiger partial charge on any atom is 0.243 e. The van der Waals surface area contributed by atoms with E-state index in [1.807, 2.05) is 0 Å². The summed E-state index contributed by atoms with van der Waals surface area (Å²) in [6, 6.07) is 0. The van der Waals surface area contributed by atoms with Crippen LogP contribution in [-0.4, -0.2) is 201 Å². The van der Waals surface area contributed by atoms with Gasteiger partial charge >= 0.3 is 0 Å². The van der Waals surface area contributed by atoms with Crippen molar-refractivity contribution in [3.63, 3.8) is 0 Å². The Morgan fingerprint density at radius 2 is 0.906 bits per heavy atom. The van der Waals surface area contributed by atoms with Gasteiger partial charge < -0.3 is 70.8 Å². The van der Waals surface area contributed by atoms with Gasteiger partial charge in [-0.25, -0.2) is 0 Å². The first-order chi connectivity index (χ1) is 25.3. The van der Waals surface area contributed by atoms with Crippen LogP contribution in [0.3, 0.4) is 0 Å². The first kappa shape index (κ1) is 46.0. The van der Waals surface area contributed by atoms with Crippen LogP contribution < -0.4 is 21.3 Å². The zero-order valence-electron chi connectivity index (χ0n) is 29.9. The monoisotopic (exact) mass is 762 g/mol. The Balaban J connectivity index is 2.01. The van der Waals surface area contributed by atoms with E-state index >= 15 is 0 Å². The van der Waals surface area contributed by atoms with Gasteiger partial charge in [-0.15, -0.1) is 0 Å². The van der Waals surface area contributed by atoms with E-state index in [9.17, 15) is 60.0 Å². The van der Waals surface area contributed by atoms with Crippen LogP contribution in [-0.2, 0) is 28.7 Å². The Morgan fingerprint density at radius 3 is 1.25 bits per heavy atom.